The molecule has 0 saturated carbocycles. The van der Waals surface area contributed by atoms with Crippen molar-refractivity contribution in [2.75, 3.05) is 13.8 Å². The monoisotopic (exact) mass is 335 g/mol. The van der Waals surface area contributed by atoms with Gasteiger partial charge < -0.3 is 14.4 Å². The minimum atomic E-state index is -0.629. The summed E-state index contributed by atoms with van der Waals surface area (Å²) in [5.41, 5.74) is 0.697. The smallest absolute Gasteiger partial charge is 0.333 e. The number of esters is 1. The molecule has 0 saturated heterocycles. The van der Waals surface area contributed by atoms with Crippen LogP contribution in [0.15, 0.2) is 48.0 Å². The number of hydrogen-bond acceptors (Lipinski definition) is 5. The second kappa shape index (κ2) is 6.42. The number of halogens is 1. The summed E-state index contributed by atoms with van der Waals surface area (Å²) >= 11 is 7.83. The molecule has 22 heavy (non-hydrogen) atoms. The predicted octanol–water partition coefficient (Wildman–Crippen LogP) is 3.90. The highest BCUT2D eigenvalue weighted by Crippen LogP contribution is 2.34. The molecular formula is C16H14ClNO3S. The first-order valence-electron chi connectivity index (χ1n) is 6.67. The molecular weight excluding hydrogens is 322 g/mol. The minimum Gasteiger partial charge on any atom is -0.470 e. The molecule has 0 fully saturated rings. The highest BCUT2D eigenvalue weighted by Gasteiger charge is 2.32. The largest absolute Gasteiger partial charge is 0.470 e. The van der Waals surface area contributed by atoms with E-state index in [0.717, 1.165) is 10.6 Å². The van der Waals surface area contributed by atoms with Crippen LogP contribution in [-0.2, 0) is 14.3 Å². The zero-order valence-electron chi connectivity index (χ0n) is 11.9. The van der Waals surface area contributed by atoms with E-state index in [4.69, 9.17) is 21.1 Å². The molecule has 0 bridgehead atoms. The first-order valence-corrected chi connectivity index (χ1v) is 7.93. The molecule has 0 spiro atoms. The van der Waals surface area contributed by atoms with Crippen molar-refractivity contribution in [3.05, 3.63) is 63.4 Å². The van der Waals surface area contributed by atoms with E-state index in [1.807, 2.05) is 41.9 Å². The summed E-state index contributed by atoms with van der Waals surface area (Å²) in [4.78, 5) is 15.1. The SMILES string of the molecule is COC(=O)C(c1ccccc1Cl)N1C=C(c2cccs2)OC1. The first-order chi connectivity index (χ1) is 10.7. The van der Waals surface area contributed by atoms with Crippen LogP contribution in [0.1, 0.15) is 16.5 Å². The number of hydrogen-bond donors (Lipinski definition) is 0. The summed E-state index contributed by atoms with van der Waals surface area (Å²) in [5, 5.41) is 2.50. The molecule has 6 heteroatoms. The number of thiophene rings is 1. The van der Waals surface area contributed by atoms with Crippen LogP contribution in [0.3, 0.4) is 0 Å². The lowest BCUT2D eigenvalue weighted by Gasteiger charge is -2.24. The van der Waals surface area contributed by atoms with Crippen molar-refractivity contribution in [1.29, 1.82) is 0 Å². The zero-order chi connectivity index (χ0) is 15.5. The van der Waals surface area contributed by atoms with Crippen LogP contribution in [-0.4, -0.2) is 24.7 Å². The van der Waals surface area contributed by atoms with Crippen molar-refractivity contribution in [3.63, 3.8) is 0 Å². The van der Waals surface area contributed by atoms with Gasteiger partial charge in [-0.25, -0.2) is 4.79 Å². The lowest BCUT2D eigenvalue weighted by Crippen LogP contribution is -2.30. The molecule has 1 atom stereocenters. The molecule has 114 valence electrons. The van der Waals surface area contributed by atoms with Crippen molar-refractivity contribution < 1.29 is 14.3 Å². The molecule has 0 N–H and O–H groups in total. The Morgan fingerprint density at radius 2 is 2.18 bits per heavy atom. The first kappa shape index (κ1) is 14.9. The van der Waals surface area contributed by atoms with E-state index in [1.165, 1.54) is 7.11 Å². The number of rotatable bonds is 4. The van der Waals surface area contributed by atoms with Crippen molar-refractivity contribution in [3.8, 4) is 0 Å². The van der Waals surface area contributed by atoms with E-state index in [9.17, 15) is 4.79 Å². The van der Waals surface area contributed by atoms with Gasteiger partial charge in [-0.05, 0) is 17.5 Å². The van der Waals surface area contributed by atoms with Crippen LogP contribution < -0.4 is 0 Å². The van der Waals surface area contributed by atoms with Gasteiger partial charge in [0.1, 0.15) is 0 Å². The van der Waals surface area contributed by atoms with Crippen molar-refractivity contribution in [2.24, 2.45) is 0 Å². The Morgan fingerprint density at radius 3 is 2.86 bits per heavy atom. The van der Waals surface area contributed by atoms with E-state index in [0.29, 0.717) is 10.6 Å². The van der Waals surface area contributed by atoms with E-state index in [1.54, 1.807) is 22.3 Å². The number of carbonyl (C=O) groups is 1. The van der Waals surface area contributed by atoms with E-state index >= 15 is 0 Å². The summed E-state index contributed by atoms with van der Waals surface area (Å²) in [5.74, 6) is 0.372. The van der Waals surface area contributed by atoms with Crippen LogP contribution >= 0.6 is 22.9 Å². The molecule has 1 aromatic carbocycles. The molecule has 1 aliphatic heterocycles. The van der Waals surface area contributed by atoms with E-state index in [-0.39, 0.29) is 12.7 Å². The van der Waals surface area contributed by atoms with Gasteiger partial charge in [0.25, 0.3) is 0 Å². The fourth-order valence-electron chi connectivity index (χ4n) is 2.32. The van der Waals surface area contributed by atoms with Crippen LogP contribution in [0, 0.1) is 0 Å². The van der Waals surface area contributed by atoms with Crippen molar-refractivity contribution >= 4 is 34.7 Å². The van der Waals surface area contributed by atoms with Gasteiger partial charge in [0.2, 0.25) is 0 Å². The Bertz CT molecular complexity index is 699. The number of benzene rings is 1. The minimum absolute atomic E-state index is 0.276. The number of methoxy groups -OCH3 is 1. The number of ether oxygens (including phenoxy) is 2. The highest BCUT2D eigenvalue weighted by atomic mass is 35.5. The van der Waals surface area contributed by atoms with Crippen molar-refractivity contribution in [2.45, 2.75) is 6.04 Å². The van der Waals surface area contributed by atoms with Gasteiger partial charge in [-0.15, -0.1) is 11.3 Å². The van der Waals surface area contributed by atoms with Gasteiger partial charge in [-0.3, -0.25) is 0 Å². The fourth-order valence-corrected chi connectivity index (χ4v) is 3.25. The third kappa shape index (κ3) is 2.82. The van der Waals surface area contributed by atoms with Crippen molar-refractivity contribution in [1.82, 2.24) is 4.90 Å². The van der Waals surface area contributed by atoms with Crippen LogP contribution in [0.25, 0.3) is 5.76 Å². The van der Waals surface area contributed by atoms with Gasteiger partial charge in [0.15, 0.2) is 18.5 Å². The maximum atomic E-state index is 12.2. The summed E-state index contributed by atoms with van der Waals surface area (Å²) in [6, 6.07) is 10.6. The third-order valence-corrected chi connectivity index (χ3v) is 4.60. The summed E-state index contributed by atoms with van der Waals surface area (Å²) < 4.78 is 10.6. The maximum Gasteiger partial charge on any atom is 0.333 e. The molecule has 0 radical (unpaired) electrons. The van der Waals surface area contributed by atoms with Crippen LogP contribution in [0.2, 0.25) is 5.02 Å². The summed E-state index contributed by atoms with van der Waals surface area (Å²) in [6.07, 6.45) is 1.83. The van der Waals surface area contributed by atoms with Gasteiger partial charge in [0, 0.05) is 16.8 Å². The van der Waals surface area contributed by atoms with Gasteiger partial charge >= 0.3 is 5.97 Å². The molecule has 0 aliphatic carbocycles. The van der Waals surface area contributed by atoms with Crippen LogP contribution in [0.4, 0.5) is 0 Å². The van der Waals surface area contributed by atoms with E-state index in [2.05, 4.69) is 0 Å². The quantitative estimate of drug-likeness (QED) is 0.794. The Labute approximate surface area is 137 Å². The summed E-state index contributed by atoms with van der Waals surface area (Å²) in [7, 11) is 1.37. The second-order valence-corrected chi connectivity index (χ2v) is 6.06. The normalized spacial score (nSPS) is 15.2. The molecule has 2 aromatic rings. The Balaban J connectivity index is 1.95. The van der Waals surface area contributed by atoms with Crippen LogP contribution in [0.5, 0.6) is 0 Å². The maximum absolute atomic E-state index is 12.2. The molecule has 1 aliphatic rings. The Hall–Kier alpha value is -1.98. The molecule has 1 aromatic heterocycles. The third-order valence-electron chi connectivity index (χ3n) is 3.37. The second-order valence-electron chi connectivity index (χ2n) is 4.71. The van der Waals surface area contributed by atoms with E-state index < -0.39 is 6.04 Å². The average molecular weight is 336 g/mol. The fraction of sp³-hybridized carbons (Fsp3) is 0.188. The van der Waals surface area contributed by atoms with Gasteiger partial charge in [0.05, 0.1) is 12.0 Å². The molecule has 4 nitrogen and oxygen atoms in total. The number of carbonyl (C=O) groups excluding carboxylic acids is 1. The zero-order valence-corrected chi connectivity index (χ0v) is 13.4. The molecule has 2 heterocycles. The topological polar surface area (TPSA) is 38.8 Å². The van der Waals surface area contributed by atoms with Gasteiger partial charge in [-0.2, -0.15) is 0 Å². The molecule has 0 amide bonds. The lowest BCUT2D eigenvalue weighted by molar-refractivity contribution is -0.147. The Kier molecular flexibility index (Phi) is 4.36. The standard InChI is InChI=1S/C16H14ClNO3S/c1-20-16(19)15(11-5-2-3-6-12(11)17)18-9-13(21-10-18)14-7-4-8-22-14/h2-9,15H,10H2,1H3. The Morgan fingerprint density at radius 1 is 1.36 bits per heavy atom. The average Bonchev–Trinajstić information content (AvgIpc) is 3.20. The van der Waals surface area contributed by atoms with Gasteiger partial charge in [-0.1, -0.05) is 35.9 Å². The summed E-state index contributed by atoms with van der Waals surface area (Å²) in [6.45, 7) is 0.276. The molecule has 3 rings (SSSR count). The molecule has 1 unspecified atom stereocenters. The highest BCUT2D eigenvalue weighted by molar-refractivity contribution is 7.11. The predicted molar refractivity (Wildman–Crippen MR) is 86.3 cm³/mol. The lowest BCUT2D eigenvalue weighted by atomic mass is 10.1. The number of nitrogens with zero attached hydrogens (tertiary/aromatic N) is 1.